The average Bonchev–Trinajstić information content (AvgIpc) is 2.69. The number of rotatable bonds is 14. The minimum atomic E-state index is -4.41. The predicted octanol–water partition coefficient (Wildman–Crippen LogP) is 0.424. The van der Waals surface area contributed by atoms with Crippen molar-refractivity contribution in [3.63, 3.8) is 0 Å². The van der Waals surface area contributed by atoms with Crippen molar-refractivity contribution in [1.82, 2.24) is 19.7 Å². The molecular weight excluding hydrogens is 512 g/mol. The standard InChI is InChI=1S/C17H26N6O8S3/c1-32(24,25)19-10-3-2-8-15-21-16(18-9-5-11-33(26,27)28)23-17(22-15)20-13-6-4-7-14(12-13)34(29,30)31/h4,6-7,12,19H,2-3,5,8-11H2,1H3,(H,26,27,28)(H,29,30,31)(H2,18,20,21,22,23). The van der Waals surface area contributed by atoms with Crippen LogP contribution in [0.25, 0.3) is 0 Å². The molecule has 190 valence electrons. The molecule has 17 heteroatoms. The van der Waals surface area contributed by atoms with E-state index in [9.17, 15) is 29.8 Å². The molecule has 2 rings (SSSR count). The molecule has 34 heavy (non-hydrogen) atoms. The minimum Gasteiger partial charge on any atom is -0.354 e. The molecular formula is C17H26N6O8S3. The molecule has 0 aliphatic heterocycles. The van der Waals surface area contributed by atoms with Crippen molar-refractivity contribution in [2.45, 2.75) is 30.6 Å². The van der Waals surface area contributed by atoms with Crippen molar-refractivity contribution >= 4 is 47.8 Å². The summed E-state index contributed by atoms with van der Waals surface area (Å²) >= 11 is 0. The van der Waals surface area contributed by atoms with Gasteiger partial charge in [-0.1, -0.05) is 6.07 Å². The molecule has 5 N–H and O–H groups in total. The van der Waals surface area contributed by atoms with E-state index in [1.807, 2.05) is 0 Å². The number of anilines is 3. The van der Waals surface area contributed by atoms with Gasteiger partial charge in [-0.2, -0.15) is 31.8 Å². The fourth-order valence-electron chi connectivity index (χ4n) is 2.65. The molecule has 0 amide bonds. The van der Waals surface area contributed by atoms with Gasteiger partial charge >= 0.3 is 0 Å². The fraction of sp³-hybridized carbons (Fsp3) is 0.471. The van der Waals surface area contributed by atoms with Gasteiger partial charge in [-0.3, -0.25) is 9.11 Å². The molecule has 0 aliphatic carbocycles. The second-order valence-corrected chi connectivity index (χ2v) is 12.0. The molecule has 0 fully saturated rings. The van der Waals surface area contributed by atoms with Crippen LogP contribution in [-0.2, 0) is 36.7 Å². The Morgan fingerprint density at radius 3 is 2.24 bits per heavy atom. The van der Waals surface area contributed by atoms with E-state index in [0.717, 1.165) is 6.26 Å². The molecule has 0 aliphatic rings. The van der Waals surface area contributed by atoms with E-state index in [-0.39, 0.29) is 42.0 Å². The summed E-state index contributed by atoms with van der Waals surface area (Å²) < 4.78 is 87.2. The van der Waals surface area contributed by atoms with Crippen LogP contribution in [0.15, 0.2) is 29.2 Å². The van der Waals surface area contributed by atoms with Crippen molar-refractivity contribution in [3.05, 3.63) is 30.1 Å². The fourth-order valence-corrected chi connectivity index (χ4v) is 4.20. The number of hydrogen-bond acceptors (Lipinski definition) is 11. The van der Waals surface area contributed by atoms with Gasteiger partial charge in [-0.15, -0.1) is 0 Å². The van der Waals surface area contributed by atoms with E-state index in [4.69, 9.17) is 4.55 Å². The van der Waals surface area contributed by atoms with Gasteiger partial charge in [-0.25, -0.2) is 13.1 Å². The molecule has 0 unspecified atom stereocenters. The third kappa shape index (κ3) is 11.1. The first-order chi connectivity index (χ1) is 15.7. The van der Waals surface area contributed by atoms with Crippen LogP contribution in [0.5, 0.6) is 0 Å². The quantitative estimate of drug-likeness (QED) is 0.163. The Hall–Kier alpha value is -2.44. The number of unbranched alkanes of at least 4 members (excludes halogenated alkanes) is 1. The molecule has 0 spiro atoms. The summed E-state index contributed by atoms with van der Waals surface area (Å²) in [7, 11) is -11.8. The van der Waals surface area contributed by atoms with Gasteiger partial charge in [0, 0.05) is 25.2 Å². The maximum Gasteiger partial charge on any atom is 0.294 e. The lowest BCUT2D eigenvalue weighted by atomic mass is 10.2. The van der Waals surface area contributed by atoms with E-state index in [1.165, 1.54) is 24.3 Å². The first kappa shape index (κ1) is 27.8. The first-order valence-electron chi connectivity index (χ1n) is 9.94. The number of hydrogen-bond donors (Lipinski definition) is 5. The van der Waals surface area contributed by atoms with E-state index in [1.54, 1.807) is 0 Å². The average molecular weight is 539 g/mol. The summed E-state index contributed by atoms with van der Waals surface area (Å²) in [5, 5.41) is 5.66. The van der Waals surface area contributed by atoms with Gasteiger partial charge in [-0.05, 0) is 37.5 Å². The van der Waals surface area contributed by atoms with Crippen LogP contribution in [0.2, 0.25) is 0 Å². The van der Waals surface area contributed by atoms with E-state index < -0.39 is 36.0 Å². The highest BCUT2D eigenvalue weighted by molar-refractivity contribution is 7.88. The Bertz CT molecular complexity index is 1300. The minimum absolute atomic E-state index is 0.0593. The Kier molecular flexibility index (Phi) is 9.65. The normalized spacial score (nSPS) is 12.4. The van der Waals surface area contributed by atoms with Crippen LogP contribution in [0.4, 0.5) is 17.6 Å². The second kappa shape index (κ2) is 11.8. The zero-order valence-corrected chi connectivity index (χ0v) is 20.6. The smallest absolute Gasteiger partial charge is 0.294 e. The largest absolute Gasteiger partial charge is 0.354 e. The Morgan fingerprint density at radius 2 is 1.59 bits per heavy atom. The van der Waals surface area contributed by atoms with E-state index in [2.05, 4.69) is 30.3 Å². The molecule has 1 aromatic carbocycles. The lowest BCUT2D eigenvalue weighted by Gasteiger charge is -2.11. The molecule has 0 bridgehead atoms. The molecule has 0 saturated carbocycles. The zero-order valence-electron chi connectivity index (χ0n) is 18.2. The lowest BCUT2D eigenvalue weighted by molar-refractivity contribution is 0.480. The van der Waals surface area contributed by atoms with E-state index in [0.29, 0.717) is 25.1 Å². The van der Waals surface area contributed by atoms with Gasteiger partial charge in [0.2, 0.25) is 21.9 Å². The van der Waals surface area contributed by atoms with Gasteiger partial charge in [0.1, 0.15) is 5.82 Å². The number of nitrogens with one attached hydrogen (secondary N) is 3. The number of nitrogens with zero attached hydrogens (tertiary/aromatic N) is 3. The van der Waals surface area contributed by atoms with Crippen molar-refractivity contribution in [2.75, 3.05) is 35.7 Å². The Morgan fingerprint density at radius 1 is 0.882 bits per heavy atom. The summed E-state index contributed by atoms with van der Waals surface area (Å²) in [6.07, 6.45) is 2.60. The van der Waals surface area contributed by atoms with E-state index >= 15 is 0 Å². The number of benzene rings is 1. The van der Waals surface area contributed by atoms with Crippen LogP contribution >= 0.6 is 0 Å². The van der Waals surface area contributed by atoms with Crippen molar-refractivity contribution in [3.8, 4) is 0 Å². The lowest BCUT2D eigenvalue weighted by Crippen LogP contribution is -2.23. The maximum absolute atomic E-state index is 11.4. The van der Waals surface area contributed by atoms with Gasteiger partial charge in [0.05, 0.1) is 16.9 Å². The van der Waals surface area contributed by atoms with Crippen LogP contribution in [-0.4, -0.2) is 74.4 Å². The monoisotopic (exact) mass is 538 g/mol. The third-order valence-corrected chi connectivity index (χ3v) is 6.51. The number of aromatic nitrogens is 3. The van der Waals surface area contributed by atoms with Crippen molar-refractivity contribution < 1.29 is 34.4 Å². The van der Waals surface area contributed by atoms with Crippen molar-refractivity contribution in [1.29, 1.82) is 0 Å². The van der Waals surface area contributed by atoms with Crippen molar-refractivity contribution in [2.24, 2.45) is 0 Å². The molecule has 1 aromatic heterocycles. The topological polar surface area (TPSA) is 218 Å². The number of sulfonamides is 1. The summed E-state index contributed by atoms with van der Waals surface area (Å²) in [6, 6.07) is 5.35. The SMILES string of the molecule is CS(=O)(=O)NCCCCc1nc(NCCCS(=O)(=O)O)nc(Nc2cccc(S(=O)(=O)O)c2)n1. The maximum atomic E-state index is 11.4. The molecule has 2 aromatic rings. The molecule has 14 nitrogen and oxygen atoms in total. The van der Waals surface area contributed by atoms with Crippen LogP contribution in [0.3, 0.4) is 0 Å². The van der Waals surface area contributed by atoms with Gasteiger partial charge < -0.3 is 10.6 Å². The summed E-state index contributed by atoms with van der Waals surface area (Å²) in [4.78, 5) is 12.4. The van der Waals surface area contributed by atoms with Crippen LogP contribution in [0, 0.1) is 0 Å². The highest BCUT2D eigenvalue weighted by Crippen LogP contribution is 2.19. The Balaban J connectivity index is 2.15. The molecule has 0 saturated heterocycles. The summed E-state index contributed by atoms with van der Waals surface area (Å²) in [5.74, 6) is 0.0749. The van der Waals surface area contributed by atoms with Gasteiger partial charge in [0.25, 0.3) is 20.2 Å². The highest BCUT2D eigenvalue weighted by Gasteiger charge is 2.12. The van der Waals surface area contributed by atoms with Gasteiger partial charge in [0.15, 0.2) is 0 Å². The Labute approximate surface area is 198 Å². The summed E-state index contributed by atoms with van der Waals surface area (Å²) in [6.45, 7) is 0.386. The predicted molar refractivity (Wildman–Crippen MR) is 125 cm³/mol. The second-order valence-electron chi connectivity index (χ2n) is 7.22. The highest BCUT2D eigenvalue weighted by atomic mass is 32.2. The molecule has 1 heterocycles. The zero-order chi connectivity index (χ0) is 25.4. The molecule has 0 radical (unpaired) electrons. The van der Waals surface area contributed by atoms with Crippen LogP contribution < -0.4 is 15.4 Å². The van der Waals surface area contributed by atoms with Crippen LogP contribution in [0.1, 0.15) is 25.1 Å². The molecule has 0 atom stereocenters. The third-order valence-electron chi connectivity index (χ3n) is 4.12. The first-order valence-corrected chi connectivity index (χ1v) is 14.9. The summed E-state index contributed by atoms with van der Waals surface area (Å²) in [5.41, 5.74) is 0.280. The number of aryl methyl sites for hydroxylation is 1.